The van der Waals surface area contributed by atoms with E-state index in [1.807, 2.05) is 10.9 Å². The highest BCUT2D eigenvalue weighted by Gasteiger charge is 2.14. The Labute approximate surface area is 130 Å². The molecule has 0 atom stereocenters. The van der Waals surface area contributed by atoms with Crippen LogP contribution in [0.15, 0.2) is 54.7 Å². The number of nitrogens with zero attached hydrogens (tertiary/aromatic N) is 2. The molecule has 22 heavy (non-hydrogen) atoms. The minimum Gasteiger partial charge on any atom is -0.240 e. The molecule has 0 aliphatic rings. The van der Waals surface area contributed by atoms with Crippen molar-refractivity contribution in [3.8, 4) is 16.8 Å². The summed E-state index contributed by atoms with van der Waals surface area (Å²) in [5.74, 6) is 0.0803. The van der Waals surface area contributed by atoms with E-state index in [1.165, 1.54) is 17.7 Å². The predicted molar refractivity (Wildman–Crippen MR) is 87.8 cm³/mol. The van der Waals surface area contributed by atoms with Crippen molar-refractivity contribution in [3.05, 3.63) is 71.8 Å². The molecule has 0 aliphatic heterocycles. The first-order valence-corrected chi connectivity index (χ1v) is 7.47. The van der Waals surface area contributed by atoms with Crippen LogP contribution in [0.3, 0.4) is 0 Å². The summed E-state index contributed by atoms with van der Waals surface area (Å²) in [5, 5.41) is 4.70. The maximum absolute atomic E-state index is 13.1. The maximum Gasteiger partial charge on any atom is 0.123 e. The summed E-state index contributed by atoms with van der Waals surface area (Å²) in [6.07, 6.45) is 2.02. The van der Waals surface area contributed by atoms with Crippen molar-refractivity contribution >= 4 is 0 Å². The van der Waals surface area contributed by atoms with E-state index in [0.29, 0.717) is 5.92 Å². The number of aromatic nitrogens is 2. The maximum atomic E-state index is 13.1. The summed E-state index contributed by atoms with van der Waals surface area (Å²) in [7, 11) is 0. The Hall–Kier alpha value is -2.42. The van der Waals surface area contributed by atoms with E-state index in [-0.39, 0.29) is 5.82 Å². The van der Waals surface area contributed by atoms with Crippen LogP contribution in [-0.2, 0) is 0 Å². The van der Waals surface area contributed by atoms with Gasteiger partial charge in [-0.2, -0.15) is 5.10 Å². The van der Waals surface area contributed by atoms with Crippen LogP contribution in [0.4, 0.5) is 4.39 Å². The highest BCUT2D eigenvalue weighted by molar-refractivity contribution is 5.66. The van der Waals surface area contributed by atoms with Gasteiger partial charge in [0.2, 0.25) is 0 Å². The van der Waals surface area contributed by atoms with Crippen LogP contribution in [0, 0.1) is 12.7 Å². The van der Waals surface area contributed by atoms with E-state index >= 15 is 0 Å². The molecule has 3 rings (SSSR count). The van der Waals surface area contributed by atoms with E-state index in [9.17, 15) is 4.39 Å². The van der Waals surface area contributed by atoms with Gasteiger partial charge in [-0.1, -0.05) is 43.7 Å². The lowest BCUT2D eigenvalue weighted by molar-refractivity contribution is 0.627. The summed E-state index contributed by atoms with van der Waals surface area (Å²) in [6.45, 7) is 6.35. The van der Waals surface area contributed by atoms with Crippen molar-refractivity contribution in [2.75, 3.05) is 0 Å². The van der Waals surface area contributed by atoms with Crippen LogP contribution in [-0.4, -0.2) is 9.78 Å². The third kappa shape index (κ3) is 2.80. The molecule has 3 aromatic rings. The first-order chi connectivity index (χ1) is 10.5. The molecule has 1 heterocycles. The molecule has 0 aliphatic carbocycles. The first kappa shape index (κ1) is 14.5. The number of benzene rings is 2. The third-order valence-electron chi connectivity index (χ3n) is 3.74. The van der Waals surface area contributed by atoms with Gasteiger partial charge in [-0.25, -0.2) is 9.07 Å². The zero-order valence-corrected chi connectivity index (χ0v) is 13.0. The summed E-state index contributed by atoms with van der Waals surface area (Å²) in [4.78, 5) is 0. The minimum atomic E-state index is -0.237. The largest absolute Gasteiger partial charge is 0.240 e. The minimum absolute atomic E-state index is 0.237. The Morgan fingerprint density at radius 2 is 1.59 bits per heavy atom. The lowest BCUT2D eigenvalue weighted by atomic mass is 9.99. The van der Waals surface area contributed by atoms with Crippen molar-refractivity contribution in [1.29, 1.82) is 0 Å². The van der Waals surface area contributed by atoms with Gasteiger partial charge >= 0.3 is 0 Å². The highest BCUT2D eigenvalue weighted by atomic mass is 19.1. The molecule has 0 saturated heterocycles. The fourth-order valence-corrected chi connectivity index (χ4v) is 2.50. The molecule has 0 bridgehead atoms. The van der Waals surface area contributed by atoms with Crippen molar-refractivity contribution in [2.45, 2.75) is 26.7 Å². The molecular formula is C19H19FN2. The van der Waals surface area contributed by atoms with Gasteiger partial charge in [0, 0.05) is 11.8 Å². The standard InChI is InChI=1S/C19H19FN2/c1-13(2)19-18(15-6-4-14(3)5-7-15)12-22(21-19)17-10-8-16(20)9-11-17/h4-13H,1-3H3. The average molecular weight is 294 g/mol. The predicted octanol–water partition coefficient (Wildman–Crippen LogP) is 5.11. The molecule has 0 N–H and O–H groups in total. The van der Waals surface area contributed by atoms with Crippen molar-refractivity contribution < 1.29 is 4.39 Å². The summed E-state index contributed by atoms with van der Waals surface area (Å²) in [5.41, 5.74) is 5.43. The van der Waals surface area contributed by atoms with Gasteiger partial charge in [0.1, 0.15) is 5.82 Å². The monoisotopic (exact) mass is 294 g/mol. The lowest BCUT2D eigenvalue weighted by Crippen LogP contribution is -1.97. The van der Waals surface area contributed by atoms with E-state index in [0.717, 1.165) is 22.5 Å². The molecule has 0 saturated carbocycles. The molecule has 0 radical (unpaired) electrons. The van der Waals surface area contributed by atoms with Gasteiger partial charge in [0.05, 0.1) is 11.4 Å². The Kier molecular flexibility index (Phi) is 3.80. The number of halogens is 1. The zero-order chi connectivity index (χ0) is 15.7. The normalized spacial score (nSPS) is 11.1. The molecule has 112 valence electrons. The van der Waals surface area contributed by atoms with Gasteiger partial charge in [-0.3, -0.25) is 0 Å². The van der Waals surface area contributed by atoms with E-state index < -0.39 is 0 Å². The topological polar surface area (TPSA) is 17.8 Å². The molecule has 3 heteroatoms. The average Bonchev–Trinajstić information content (AvgIpc) is 2.94. The van der Waals surface area contributed by atoms with Crippen LogP contribution in [0.25, 0.3) is 16.8 Å². The van der Waals surface area contributed by atoms with E-state index in [4.69, 9.17) is 5.10 Å². The summed E-state index contributed by atoms with van der Waals surface area (Å²) in [6, 6.07) is 14.8. The molecule has 0 unspecified atom stereocenters. The Balaban J connectivity index is 2.09. The smallest absolute Gasteiger partial charge is 0.123 e. The Bertz CT molecular complexity index is 768. The van der Waals surface area contributed by atoms with Crippen LogP contribution < -0.4 is 0 Å². The third-order valence-corrected chi connectivity index (χ3v) is 3.74. The fourth-order valence-electron chi connectivity index (χ4n) is 2.50. The Morgan fingerprint density at radius 1 is 0.955 bits per heavy atom. The summed E-state index contributed by atoms with van der Waals surface area (Å²) >= 11 is 0. The number of hydrogen-bond acceptors (Lipinski definition) is 1. The van der Waals surface area contributed by atoms with Crippen LogP contribution >= 0.6 is 0 Å². The van der Waals surface area contributed by atoms with Crippen LogP contribution in [0.1, 0.15) is 31.0 Å². The second-order valence-electron chi connectivity index (χ2n) is 5.87. The zero-order valence-electron chi connectivity index (χ0n) is 13.0. The molecule has 1 aromatic heterocycles. The van der Waals surface area contributed by atoms with Gasteiger partial charge in [0.25, 0.3) is 0 Å². The molecular weight excluding hydrogens is 275 g/mol. The Morgan fingerprint density at radius 3 is 2.18 bits per heavy atom. The van der Waals surface area contributed by atoms with Crippen molar-refractivity contribution in [2.24, 2.45) is 0 Å². The SMILES string of the molecule is Cc1ccc(-c2cn(-c3ccc(F)cc3)nc2C(C)C)cc1. The first-order valence-electron chi connectivity index (χ1n) is 7.47. The second-order valence-corrected chi connectivity index (χ2v) is 5.87. The molecule has 2 aromatic carbocycles. The lowest BCUT2D eigenvalue weighted by Gasteiger charge is -2.05. The van der Waals surface area contributed by atoms with E-state index in [1.54, 1.807) is 12.1 Å². The van der Waals surface area contributed by atoms with Crippen LogP contribution in [0.5, 0.6) is 0 Å². The van der Waals surface area contributed by atoms with Crippen molar-refractivity contribution in [3.63, 3.8) is 0 Å². The molecule has 0 amide bonds. The quantitative estimate of drug-likeness (QED) is 0.656. The van der Waals surface area contributed by atoms with Gasteiger partial charge in [-0.05, 0) is 42.7 Å². The summed E-state index contributed by atoms with van der Waals surface area (Å²) < 4.78 is 14.9. The van der Waals surface area contributed by atoms with Gasteiger partial charge < -0.3 is 0 Å². The number of hydrogen-bond donors (Lipinski definition) is 0. The van der Waals surface area contributed by atoms with E-state index in [2.05, 4.69) is 45.0 Å². The molecule has 0 fully saturated rings. The number of rotatable bonds is 3. The van der Waals surface area contributed by atoms with Gasteiger partial charge in [0.15, 0.2) is 0 Å². The van der Waals surface area contributed by atoms with Gasteiger partial charge in [-0.15, -0.1) is 0 Å². The number of aryl methyl sites for hydroxylation is 1. The second kappa shape index (κ2) is 5.76. The fraction of sp³-hybridized carbons (Fsp3) is 0.211. The van der Waals surface area contributed by atoms with Crippen molar-refractivity contribution in [1.82, 2.24) is 9.78 Å². The highest BCUT2D eigenvalue weighted by Crippen LogP contribution is 2.29. The van der Waals surface area contributed by atoms with Crippen LogP contribution in [0.2, 0.25) is 0 Å². The molecule has 2 nitrogen and oxygen atoms in total. The molecule has 0 spiro atoms.